The quantitative estimate of drug-likeness (QED) is 0.245. The number of halogens is 3. The lowest BCUT2D eigenvalue weighted by Crippen LogP contribution is -2.18. The molecule has 2 aromatic carbocycles. The lowest BCUT2D eigenvalue weighted by atomic mass is 9.89. The Morgan fingerprint density at radius 2 is 1.85 bits per heavy atom. The van der Waals surface area contributed by atoms with Crippen LogP contribution >= 0.6 is 9.24 Å². The Kier molecular flexibility index (Phi) is 8.03. The molecule has 0 aliphatic carbocycles. The molecule has 1 N–H and O–H groups in total. The number of ether oxygens (including phenoxy) is 1. The van der Waals surface area contributed by atoms with Gasteiger partial charge in [-0.15, -0.1) is 14.3 Å². The number of rotatable bonds is 9. The number of aromatic nitrogens is 6. The molecule has 0 aliphatic rings. The first-order chi connectivity index (χ1) is 19.7. The minimum absolute atomic E-state index is 0.0174. The van der Waals surface area contributed by atoms with Crippen LogP contribution in [0.15, 0.2) is 54.9 Å². The average molecular weight is 582 g/mol. The van der Waals surface area contributed by atoms with E-state index < -0.39 is 24.3 Å². The molecule has 3 aromatic heterocycles. The maximum absolute atomic E-state index is 15.3. The fraction of sp³-hybridized carbons (Fsp3) is 0.250. The Bertz CT molecular complexity index is 1740. The molecule has 9 nitrogen and oxygen atoms in total. The van der Waals surface area contributed by atoms with E-state index in [2.05, 4.69) is 34.4 Å². The van der Waals surface area contributed by atoms with Gasteiger partial charge < -0.3 is 9.30 Å². The molecule has 1 amide bonds. The zero-order valence-corrected chi connectivity index (χ0v) is 23.6. The van der Waals surface area contributed by atoms with Crippen LogP contribution in [0, 0.1) is 12.7 Å². The number of carbonyl (C=O) groups excluding carboxylic acids is 1. The van der Waals surface area contributed by atoms with Gasteiger partial charge >= 0.3 is 6.61 Å². The van der Waals surface area contributed by atoms with Crippen molar-refractivity contribution in [3.8, 4) is 5.75 Å². The Morgan fingerprint density at radius 3 is 2.51 bits per heavy atom. The van der Waals surface area contributed by atoms with Crippen LogP contribution in [0.4, 0.5) is 19.1 Å². The average Bonchev–Trinajstić information content (AvgIpc) is 3.53. The van der Waals surface area contributed by atoms with Crippen LogP contribution in [0.1, 0.15) is 52.8 Å². The van der Waals surface area contributed by atoms with Crippen molar-refractivity contribution in [3.63, 3.8) is 0 Å². The molecule has 5 aromatic rings. The lowest BCUT2D eigenvalue weighted by Gasteiger charge is -2.22. The highest BCUT2D eigenvalue weighted by atomic mass is 31.0. The van der Waals surface area contributed by atoms with Crippen molar-refractivity contribution in [2.75, 3.05) is 5.32 Å². The van der Waals surface area contributed by atoms with Gasteiger partial charge in [0, 0.05) is 18.7 Å². The summed E-state index contributed by atoms with van der Waals surface area (Å²) in [7, 11) is 2.51. The fourth-order valence-electron chi connectivity index (χ4n) is 4.76. The van der Waals surface area contributed by atoms with Gasteiger partial charge in [-0.05, 0) is 55.9 Å². The number of amides is 1. The number of carbonyl (C=O) groups is 1. The molecule has 41 heavy (non-hydrogen) atoms. The third-order valence-electron chi connectivity index (χ3n) is 6.68. The van der Waals surface area contributed by atoms with Crippen LogP contribution < -0.4 is 15.4 Å². The zero-order chi connectivity index (χ0) is 29.3. The summed E-state index contributed by atoms with van der Waals surface area (Å²) in [4.78, 5) is 26.7. The third-order valence-corrected chi connectivity index (χ3v) is 7.18. The van der Waals surface area contributed by atoms with Gasteiger partial charge in [-0.25, -0.2) is 19.3 Å². The van der Waals surface area contributed by atoms with Crippen molar-refractivity contribution in [1.82, 2.24) is 29.3 Å². The number of hydrogen-bond donors (Lipinski definition) is 1. The molecule has 0 saturated carbocycles. The van der Waals surface area contributed by atoms with Crippen LogP contribution in [0.2, 0.25) is 0 Å². The molecule has 0 saturated heterocycles. The highest BCUT2D eigenvalue weighted by Gasteiger charge is 2.29. The zero-order valence-electron chi connectivity index (χ0n) is 22.5. The molecule has 5 rings (SSSR count). The minimum atomic E-state index is -2.98. The van der Waals surface area contributed by atoms with Gasteiger partial charge in [-0.2, -0.15) is 8.78 Å². The number of benzene rings is 2. The van der Waals surface area contributed by atoms with Crippen molar-refractivity contribution < 1.29 is 22.7 Å². The van der Waals surface area contributed by atoms with Gasteiger partial charge in [-0.3, -0.25) is 14.8 Å². The SMILES string of the molecule is CCn1cnc(NC(=O)c2cc3c(nc2C)nc(C(c2ccccc2F)c2ccc(OC(F)F)cc2P)n3CC)n1. The molecule has 3 heterocycles. The Balaban J connectivity index is 1.64. The predicted molar refractivity (Wildman–Crippen MR) is 151 cm³/mol. The summed E-state index contributed by atoms with van der Waals surface area (Å²) >= 11 is 0. The molecule has 0 fully saturated rings. The fourth-order valence-corrected chi connectivity index (χ4v) is 5.18. The van der Waals surface area contributed by atoms with Crippen LogP contribution in [-0.2, 0) is 13.1 Å². The van der Waals surface area contributed by atoms with E-state index in [9.17, 15) is 13.6 Å². The first-order valence-corrected chi connectivity index (χ1v) is 13.4. The largest absolute Gasteiger partial charge is 0.435 e. The van der Waals surface area contributed by atoms with E-state index in [-0.39, 0.29) is 11.7 Å². The minimum Gasteiger partial charge on any atom is -0.435 e. The van der Waals surface area contributed by atoms with Gasteiger partial charge in [0.25, 0.3) is 5.91 Å². The normalized spacial score (nSPS) is 12.2. The number of aryl methyl sites for hydroxylation is 3. The van der Waals surface area contributed by atoms with Crippen molar-refractivity contribution in [3.05, 3.63) is 88.9 Å². The first kappa shape index (κ1) is 28.2. The topological polar surface area (TPSA) is 99.8 Å². The Morgan fingerprint density at radius 1 is 1.07 bits per heavy atom. The summed E-state index contributed by atoms with van der Waals surface area (Å²) in [5.74, 6) is -0.967. The van der Waals surface area contributed by atoms with Crippen LogP contribution in [0.25, 0.3) is 11.2 Å². The molecule has 0 aliphatic heterocycles. The third kappa shape index (κ3) is 5.65. The van der Waals surface area contributed by atoms with Crippen molar-refractivity contribution in [1.29, 1.82) is 0 Å². The molecule has 2 atom stereocenters. The Labute approximate surface area is 236 Å². The van der Waals surface area contributed by atoms with Crippen LogP contribution in [0.3, 0.4) is 0 Å². The summed E-state index contributed by atoms with van der Waals surface area (Å²) in [6, 6.07) is 12.5. The first-order valence-electron chi connectivity index (χ1n) is 12.9. The molecule has 212 valence electrons. The number of fused-ring (bicyclic) bond motifs is 1. The summed E-state index contributed by atoms with van der Waals surface area (Å²) in [5.41, 5.74) is 2.69. The van der Waals surface area contributed by atoms with Crippen LogP contribution in [-0.4, -0.2) is 41.8 Å². The van der Waals surface area contributed by atoms with E-state index in [0.29, 0.717) is 57.8 Å². The van der Waals surface area contributed by atoms with E-state index >= 15 is 4.39 Å². The van der Waals surface area contributed by atoms with Crippen molar-refractivity contribution in [2.45, 2.75) is 46.4 Å². The van der Waals surface area contributed by atoms with E-state index in [4.69, 9.17) is 4.98 Å². The van der Waals surface area contributed by atoms with Gasteiger partial charge in [-0.1, -0.05) is 24.3 Å². The summed E-state index contributed by atoms with van der Waals surface area (Å²) in [5, 5.41) is 7.44. The summed E-state index contributed by atoms with van der Waals surface area (Å²) in [6.07, 6.45) is 1.53. The number of nitrogens with one attached hydrogen (secondary N) is 1. The van der Waals surface area contributed by atoms with E-state index in [1.165, 1.54) is 24.5 Å². The smallest absolute Gasteiger partial charge is 0.387 e. The van der Waals surface area contributed by atoms with Crippen molar-refractivity contribution in [2.24, 2.45) is 0 Å². The molecular weight excluding hydrogens is 554 g/mol. The van der Waals surface area contributed by atoms with Crippen molar-refractivity contribution >= 4 is 37.6 Å². The highest BCUT2D eigenvalue weighted by Crippen LogP contribution is 2.36. The second kappa shape index (κ2) is 11.7. The lowest BCUT2D eigenvalue weighted by molar-refractivity contribution is -0.0498. The second-order valence-electron chi connectivity index (χ2n) is 9.18. The second-order valence-corrected chi connectivity index (χ2v) is 9.80. The maximum Gasteiger partial charge on any atom is 0.387 e. The maximum atomic E-state index is 15.3. The van der Waals surface area contributed by atoms with Crippen LogP contribution in [0.5, 0.6) is 5.75 Å². The monoisotopic (exact) mass is 581 g/mol. The van der Waals surface area contributed by atoms with Gasteiger partial charge in [0.05, 0.1) is 22.7 Å². The number of alkyl halides is 2. The van der Waals surface area contributed by atoms with Gasteiger partial charge in [0.1, 0.15) is 23.7 Å². The molecule has 0 radical (unpaired) electrons. The predicted octanol–water partition coefficient (Wildman–Crippen LogP) is 5.04. The highest BCUT2D eigenvalue weighted by molar-refractivity contribution is 7.27. The number of anilines is 1. The molecular formula is C28H27F3N7O2P. The molecule has 0 bridgehead atoms. The van der Waals surface area contributed by atoms with Gasteiger partial charge in [0.2, 0.25) is 5.95 Å². The Hall–Kier alpha value is -4.31. The molecule has 13 heteroatoms. The van der Waals surface area contributed by atoms with E-state index in [1.54, 1.807) is 41.9 Å². The number of pyridine rings is 1. The number of nitrogens with zero attached hydrogens (tertiary/aromatic N) is 6. The van der Waals surface area contributed by atoms with Gasteiger partial charge in [0.15, 0.2) is 5.65 Å². The standard InChI is InChI=1S/C28H27F3N7O2P/c1-4-37-14-32-28(36-37)35-26(39)19-13-21-24(33-15(19)3)34-25(38(21)5-2)23(17-8-6-7-9-20(17)29)18-11-10-16(12-22(18)41)40-27(30)31/h6-14,23,27H,4-5,41H2,1-3H3,(H,35,36,39). The van der Waals surface area contributed by atoms with E-state index in [0.717, 1.165) is 0 Å². The van der Waals surface area contributed by atoms with E-state index in [1.807, 2.05) is 18.4 Å². The summed E-state index contributed by atoms with van der Waals surface area (Å²) in [6.45, 7) is 3.59. The molecule has 0 spiro atoms. The summed E-state index contributed by atoms with van der Waals surface area (Å²) < 4.78 is 49.0. The number of imidazole rings is 1. The molecule has 2 unspecified atom stereocenters. The number of hydrogen-bond acceptors (Lipinski definition) is 6.